The lowest BCUT2D eigenvalue weighted by Gasteiger charge is -2.33. The minimum absolute atomic E-state index is 0.0727. The van der Waals surface area contributed by atoms with Crippen molar-refractivity contribution in [1.29, 1.82) is 5.41 Å². The molecule has 9 nitrogen and oxygen atoms in total. The number of hydrogen-bond acceptors (Lipinski definition) is 8. The number of pyridine rings is 1. The van der Waals surface area contributed by atoms with Crippen molar-refractivity contribution in [3.05, 3.63) is 82.7 Å². The summed E-state index contributed by atoms with van der Waals surface area (Å²) in [6.45, 7) is 2.82. The first-order chi connectivity index (χ1) is 21.0. The molecule has 1 aliphatic rings. The molecule has 4 N–H and O–H groups in total. The smallest absolute Gasteiger partial charge is 0.398 e. The van der Waals surface area contributed by atoms with E-state index in [0.29, 0.717) is 25.2 Å². The maximum absolute atomic E-state index is 13.9. The molecule has 1 amide bonds. The maximum Gasteiger partial charge on any atom is 0.501 e. The van der Waals surface area contributed by atoms with E-state index in [1.807, 2.05) is 11.9 Å². The van der Waals surface area contributed by atoms with E-state index in [1.54, 1.807) is 0 Å². The third-order valence-corrected chi connectivity index (χ3v) is 8.39. The number of likely N-dealkylation sites (N-methyl/N-ethyl adjacent to an activating group) is 1. The number of hydrogen-bond donors (Lipinski definition) is 3. The van der Waals surface area contributed by atoms with Gasteiger partial charge in [0.05, 0.1) is 16.0 Å². The number of carbonyl (C=O) groups is 1. The number of amides is 1. The molecule has 1 saturated heterocycles. The molecule has 4 rings (SSSR count). The minimum atomic E-state index is -5.70. The number of nitrogens with zero attached hydrogens (tertiary/aromatic N) is 3. The van der Waals surface area contributed by atoms with Crippen LogP contribution in [-0.4, -0.2) is 73.6 Å². The number of piperazine rings is 1. The summed E-state index contributed by atoms with van der Waals surface area (Å²) in [5, 5.41) is 10.5. The quantitative estimate of drug-likeness (QED) is 0.156. The molecule has 0 aliphatic carbocycles. The van der Waals surface area contributed by atoms with Gasteiger partial charge in [-0.25, -0.2) is 8.42 Å². The van der Waals surface area contributed by atoms with E-state index in [4.69, 9.17) is 11.1 Å². The summed E-state index contributed by atoms with van der Waals surface area (Å²) >= 11 is 0. The number of aromatic nitrogens is 1. The average molecular weight is 653 g/mol. The highest BCUT2D eigenvalue weighted by atomic mass is 32.2. The van der Waals surface area contributed by atoms with Crippen molar-refractivity contribution in [1.82, 2.24) is 14.8 Å². The largest absolute Gasteiger partial charge is 0.501 e. The van der Waals surface area contributed by atoms with Crippen LogP contribution in [0.4, 0.5) is 37.7 Å². The van der Waals surface area contributed by atoms with Crippen molar-refractivity contribution in [2.24, 2.45) is 0 Å². The summed E-state index contributed by atoms with van der Waals surface area (Å²) in [4.78, 5) is 19.7. The molecule has 0 atom stereocenters. The molecule has 2 heterocycles. The molecule has 16 heteroatoms. The predicted molar refractivity (Wildman–Crippen MR) is 154 cm³/mol. The van der Waals surface area contributed by atoms with E-state index in [9.17, 15) is 39.6 Å². The Morgan fingerprint density at radius 2 is 1.71 bits per heavy atom. The zero-order chi connectivity index (χ0) is 33.2. The third kappa shape index (κ3) is 7.98. The van der Waals surface area contributed by atoms with Crippen molar-refractivity contribution in [2.45, 2.75) is 23.1 Å². The van der Waals surface area contributed by atoms with Gasteiger partial charge in [0.15, 0.2) is 0 Å². The number of nitrogens with two attached hydrogens (primary N) is 1. The highest BCUT2D eigenvalue weighted by molar-refractivity contribution is 7.92. The molecular formula is C29H26F6N6O3S. The van der Waals surface area contributed by atoms with E-state index in [2.05, 4.69) is 27.0 Å². The van der Waals surface area contributed by atoms with Gasteiger partial charge in [-0.05, 0) is 54.9 Å². The minimum Gasteiger partial charge on any atom is -0.398 e. The van der Waals surface area contributed by atoms with E-state index < -0.39 is 43.6 Å². The fraction of sp³-hybridized carbons (Fsp3) is 0.276. The number of sulfone groups is 1. The Bertz CT molecular complexity index is 1790. The Balaban J connectivity index is 1.51. The molecule has 0 saturated carbocycles. The zero-order valence-electron chi connectivity index (χ0n) is 23.6. The van der Waals surface area contributed by atoms with Crippen LogP contribution in [0.15, 0.2) is 59.8 Å². The van der Waals surface area contributed by atoms with Gasteiger partial charge in [0, 0.05) is 67.6 Å². The molecular weight excluding hydrogens is 626 g/mol. The van der Waals surface area contributed by atoms with Gasteiger partial charge in [-0.2, -0.15) is 26.3 Å². The molecule has 0 unspecified atom stereocenters. The number of nitrogens with one attached hydrogen (secondary N) is 2. The van der Waals surface area contributed by atoms with Crippen LogP contribution in [0.3, 0.4) is 0 Å². The Morgan fingerprint density at radius 1 is 1.02 bits per heavy atom. The van der Waals surface area contributed by atoms with Crippen LogP contribution in [0.2, 0.25) is 0 Å². The number of halogens is 6. The second kappa shape index (κ2) is 12.9. The summed E-state index contributed by atoms with van der Waals surface area (Å²) in [6, 6.07) is 6.94. The standard InChI is InChI=1S/C29H26F6N6O3S/c1-40-8-10-41(11-9-40)17-19-3-4-21(13-24(19)28(30,31)32)39-27(42)20-12-18(15-38-16-20)2-6-25(36)23-14-22(5-7-26(23)37)45(43,44)29(33,34)35/h3-5,7,12-16,36H,8-11,17,37H2,1H3,(H,39,42). The topological polar surface area (TPSA) is 132 Å². The molecule has 238 valence electrons. The number of carbonyl (C=O) groups excluding carboxylic acids is 1. The molecule has 3 aromatic rings. The summed E-state index contributed by atoms with van der Waals surface area (Å²) in [5.74, 6) is 4.03. The summed E-state index contributed by atoms with van der Waals surface area (Å²) in [5.41, 5.74) is -1.93. The van der Waals surface area contributed by atoms with Crippen molar-refractivity contribution < 1.29 is 39.6 Å². The summed E-state index contributed by atoms with van der Waals surface area (Å²) in [7, 11) is -3.76. The van der Waals surface area contributed by atoms with Crippen LogP contribution in [0.1, 0.15) is 32.6 Å². The SMILES string of the molecule is CN1CCN(Cc2ccc(NC(=O)c3cncc(C#CC(=N)c4cc(S(=O)(=O)C(F)(F)F)ccc4N)c3)cc2C(F)(F)F)CC1. The van der Waals surface area contributed by atoms with Gasteiger partial charge in [-0.15, -0.1) is 0 Å². The van der Waals surface area contributed by atoms with Crippen molar-refractivity contribution in [3.63, 3.8) is 0 Å². The van der Waals surface area contributed by atoms with E-state index in [-0.39, 0.29) is 40.2 Å². The Labute approximate surface area is 254 Å². The van der Waals surface area contributed by atoms with Gasteiger partial charge in [-0.1, -0.05) is 12.0 Å². The lowest BCUT2D eigenvalue weighted by atomic mass is 10.0. The Hall–Kier alpha value is -4.46. The van der Waals surface area contributed by atoms with Crippen LogP contribution in [0.5, 0.6) is 0 Å². The first-order valence-electron chi connectivity index (χ1n) is 13.1. The normalized spacial score (nSPS) is 14.8. The highest BCUT2D eigenvalue weighted by Crippen LogP contribution is 2.35. The highest BCUT2D eigenvalue weighted by Gasteiger charge is 2.47. The Morgan fingerprint density at radius 3 is 2.36 bits per heavy atom. The van der Waals surface area contributed by atoms with Crippen molar-refractivity contribution in [3.8, 4) is 11.8 Å². The summed E-state index contributed by atoms with van der Waals surface area (Å²) in [6.07, 6.45) is -2.31. The van der Waals surface area contributed by atoms with Crippen LogP contribution in [-0.2, 0) is 22.6 Å². The lowest BCUT2D eigenvalue weighted by molar-refractivity contribution is -0.138. The van der Waals surface area contributed by atoms with Crippen LogP contribution < -0.4 is 11.1 Å². The Kier molecular flexibility index (Phi) is 9.57. The monoisotopic (exact) mass is 652 g/mol. The molecule has 0 radical (unpaired) electrons. The van der Waals surface area contributed by atoms with Crippen LogP contribution in [0.25, 0.3) is 0 Å². The molecule has 0 bridgehead atoms. The van der Waals surface area contributed by atoms with E-state index in [0.717, 1.165) is 31.4 Å². The predicted octanol–water partition coefficient (Wildman–Crippen LogP) is 4.40. The van der Waals surface area contributed by atoms with Gasteiger partial charge in [0.25, 0.3) is 15.7 Å². The summed E-state index contributed by atoms with van der Waals surface area (Å²) < 4.78 is 104. The number of benzene rings is 2. The molecule has 2 aromatic carbocycles. The van der Waals surface area contributed by atoms with Gasteiger partial charge in [0.1, 0.15) is 5.71 Å². The van der Waals surface area contributed by atoms with Crippen LogP contribution in [0, 0.1) is 17.3 Å². The second-order valence-corrected chi connectivity index (χ2v) is 12.1. The maximum atomic E-state index is 13.9. The molecule has 0 spiro atoms. The molecule has 45 heavy (non-hydrogen) atoms. The molecule has 1 aliphatic heterocycles. The number of alkyl halides is 6. The van der Waals surface area contributed by atoms with Gasteiger partial charge < -0.3 is 16.0 Å². The zero-order valence-corrected chi connectivity index (χ0v) is 24.4. The molecule has 1 fully saturated rings. The van der Waals surface area contributed by atoms with Gasteiger partial charge in [-0.3, -0.25) is 20.1 Å². The van der Waals surface area contributed by atoms with Gasteiger partial charge in [0.2, 0.25) is 0 Å². The fourth-order valence-corrected chi connectivity index (χ4v) is 5.18. The molecule has 1 aromatic heterocycles. The van der Waals surface area contributed by atoms with Gasteiger partial charge >= 0.3 is 11.7 Å². The number of nitrogen functional groups attached to an aromatic ring is 1. The first kappa shape index (κ1) is 33.4. The van der Waals surface area contributed by atoms with E-state index in [1.165, 1.54) is 24.4 Å². The third-order valence-electron chi connectivity index (χ3n) is 6.90. The number of rotatable bonds is 6. The number of anilines is 2. The fourth-order valence-electron chi connectivity index (χ4n) is 4.39. The van der Waals surface area contributed by atoms with Crippen molar-refractivity contribution >= 4 is 32.8 Å². The average Bonchev–Trinajstić information content (AvgIpc) is 2.97. The van der Waals surface area contributed by atoms with Crippen LogP contribution >= 0.6 is 0 Å². The lowest BCUT2D eigenvalue weighted by Crippen LogP contribution is -2.44. The first-order valence-corrected chi connectivity index (χ1v) is 14.6. The van der Waals surface area contributed by atoms with E-state index >= 15 is 0 Å². The second-order valence-electron chi connectivity index (χ2n) is 10.2. The van der Waals surface area contributed by atoms with Crippen molar-refractivity contribution in [2.75, 3.05) is 44.3 Å².